The molecule has 0 saturated carbocycles. The number of carbonyl (C=O) groups is 1. The van der Waals surface area contributed by atoms with E-state index < -0.39 is 0 Å². The molecule has 14 heavy (non-hydrogen) atoms. The highest BCUT2D eigenvalue weighted by atomic mass is 35.5. The van der Waals surface area contributed by atoms with Crippen LogP contribution in [0.3, 0.4) is 0 Å². The zero-order chi connectivity index (χ0) is 10.4. The third kappa shape index (κ3) is 3.74. The van der Waals surface area contributed by atoms with Crippen molar-refractivity contribution >= 4 is 17.5 Å². The second-order valence-corrected chi connectivity index (χ2v) is 3.23. The van der Waals surface area contributed by atoms with Crippen LogP contribution >= 0.6 is 11.6 Å². The minimum absolute atomic E-state index is 0.207. The molecule has 0 radical (unpaired) electrons. The summed E-state index contributed by atoms with van der Waals surface area (Å²) in [6, 6.07) is 7.41. The van der Waals surface area contributed by atoms with Crippen LogP contribution in [0.5, 0.6) is 0 Å². The highest BCUT2D eigenvalue weighted by Gasteiger charge is 1.97. The molecule has 5 heteroatoms. The third-order valence-electron chi connectivity index (χ3n) is 1.69. The van der Waals surface area contributed by atoms with Crippen LogP contribution < -0.4 is 16.6 Å². The van der Waals surface area contributed by atoms with Gasteiger partial charge in [-0.2, -0.15) is 0 Å². The van der Waals surface area contributed by atoms with Crippen molar-refractivity contribution in [2.45, 2.75) is 6.54 Å². The number of hydrogen-bond donors (Lipinski definition) is 3. The molecule has 0 aliphatic heterocycles. The Morgan fingerprint density at radius 1 is 1.36 bits per heavy atom. The van der Waals surface area contributed by atoms with Gasteiger partial charge >= 0.3 is 0 Å². The quantitative estimate of drug-likeness (QED) is 0.386. The second-order valence-electron chi connectivity index (χ2n) is 2.80. The van der Waals surface area contributed by atoms with E-state index in [2.05, 4.69) is 5.32 Å². The summed E-state index contributed by atoms with van der Waals surface area (Å²) in [4.78, 5) is 10.7. The van der Waals surface area contributed by atoms with E-state index in [1.165, 1.54) is 0 Å². The summed E-state index contributed by atoms with van der Waals surface area (Å²) in [6.45, 7) is 0.823. The molecule has 0 heterocycles. The lowest BCUT2D eigenvalue weighted by Crippen LogP contribution is -2.37. The van der Waals surface area contributed by atoms with Gasteiger partial charge in [0.25, 0.3) is 0 Å². The number of halogens is 1. The van der Waals surface area contributed by atoms with Gasteiger partial charge in [-0.25, -0.2) is 5.84 Å². The number of rotatable bonds is 4. The number of nitrogens with two attached hydrogens (primary N) is 1. The van der Waals surface area contributed by atoms with Gasteiger partial charge < -0.3 is 5.32 Å². The van der Waals surface area contributed by atoms with Gasteiger partial charge in [-0.05, 0) is 17.7 Å². The highest BCUT2D eigenvalue weighted by molar-refractivity contribution is 6.30. The van der Waals surface area contributed by atoms with Crippen LogP contribution in [-0.2, 0) is 11.3 Å². The lowest BCUT2D eigenvalue weighted by atomic mass is 10.2. The molecule has 4 N–H and O–H groups in total. The lowest BCUT2D eigenvalue weighted by molar-refractivity contribution is -0.120. The van der Waals surface area contributed by atoms with Crippen LogP contribution in [0.2, 0.25) is 5.02 Å². The minimum atomic E-state index is -0.237. The zero-order valence-electron chi connectivity index (χ0n) is 7.59. The maximum Gasteiger partial charge on any atom is 0.247 e. The standard InChI is InChI=1S/C9H12ClN3O/c10-8-3-1-7(2-4-8)5-12-6-9(14)13-11/h1-4,12H,5-6,11H2,(H,13,14). The maximum absolute atomic E-state index is 10.7. The Kier molecular flexibility index (Phi) is 4.39. The molecule has 4 nitrogen and oxygen atoms in total. The largest absolute Gasteiger partial charge is 0.304 e. The van der Waals surface area contributed by atoms with Crippen molar-refractivity contribution in [3.63, 3.8) is 0 Å². The van der Waals surface area contributed by atoms with Crippen molar-refractivity contribution in [3.8, 4) is 0 Å². The summed E-state index contributed by atoms with van der Waals surface area (Å²) in [5, 5.41) is 3.64. The molecule has 0 fully saturated rings. The molecule has 0 unspecified atom stereocenters. The molecular weight excluding hydrogens is 202 g/mol. The van der Waals surface area contributed by atoms with Crippen LogP contribution in [0.4, 0.5) is 0 Å². The number of benzene rings is 1. The molecule has 0 aliphatic rings. The van der Waals surface area contributed by atoms with Crippen LogP contribution in [0, 0.1) is 0 Å². The predicted octanol–water partition coefficient (Wildman–Crippen LogP) is 0.420. The molecule has 0 saturated heterocycles. The Labute approximate surface area is 87.4 Å². The maximum atomic E-state index is 10.7. The Hall–Kier alpha value is -1.10. The van der Waals surface area contributed by atoms with Crippen LogP contribution in [0.15, 0.2) is 24.3 Å². The van der Waals surface area contributed by atoms with Crippen molar-refractivity contribution in [2.75, 3.05) is 6.54 Å². The summed E-state index contributed by atoms with van der Waals surface area (Å²) < 4.78 is 0. The molecule has 0 aliphatic carbocycles. The Morgan fingerprint density at radius 2 is 2.00 bits per heavy atom. The number of amides is 1. The summed E-state index contributed by atoms with van der Waals surface area (Å²) in [7, 11) is 0. The smallest absolute Gasteiger partial charge is 0.247 e. The van der Waals surface area contributed by atoms with Crippen molar-refractivity contribution < 1.29 is 4.79 Å². The Morgan fingerprint density at radius 3 is 2.57 bits per heavy atom. The third-order valence-corrected chi connectivity index (χ3v) is 1.94. The molecular formula is C9H12ClN3O. The molecule has 0 bridgehead atoms. The molecule has 1 amide bonds. The molecule has 0 spiro atoms. The van der Waals surface area contributed by atoms with Gasteiger partial charge in [0.05, 0.1) is 6.54 Å². The predicted molar refractivity (Wildman–Crippen MR) is 55.5 cm³/mol. The molecule has 1 rings (SSSR count). The SMILES string of the molecule is NNC(=O)CNCc1ccc(Cl)cc1. The van der Waals surface area contributed by atoms with Gasteiger partial charge in [0.1, 0.15) is 0 Å². The first-order valence-electron chi connectivity index (χ1n) is 4.17. The number of hydrazine groups is 1. The summed E-state index contributed by atoms with van der Waals surface area (Å²) >= 11 is 5.72. The molecule has 1 aromatic carbocycles. The van der Waals surface area contributed by atoms with Crippen molar-refractivity contribution in [2.24, 2.45) is 5.84 Å². The Balaban J connectivity index is 2.31. The molecule has 0 aromatic heterocycles. The van der Waals surface area contributed by atoms with Gasteiger partial charge in [0, 0.05) is 11.6 Å². The lowest BCUT2D eigenvalue weighted by Gasteiger charge is -2.03. The van der Waals surface area contributed by atoms with Crippen LogP contribution in [-0.4, -0.2) is 12.5 Å². The van der Waals surface area contributed by atoms with E-state index in [-0.39, 0.29) is 12.5 Å². The highest BCUT2D eigenvalue weighted by Crippen LogP contribution is 2.08. The fraction of sp³-hybridized carbons (Fsp3) is 0.222. The van der Waals surface area contributed by atoms with E-state index in [4.69, 9.17) is 17.4 Å². The molecule has 0 atom stereocenters. The van der Waals surface area contributed by atoms with E-state index >= 15 is 0 Å². The van der Waals surface area contributed by atoms with Crippen LogP contribution in [0.25, 0.3) is 0 Å². The van der Waals surface area contributed by atoms with E-state index in [1.54, 1.807) is 0 Å². The van der Waals surface area contributed by atoms with Gasteiger partial charge in [0.15, 0.2) is 0 Å². The zero-order valence-corrected chi connectivity index (χ0v) is 8.34. The summed E-state index contributed by atoms with van der Waals surface area (Å²) in [5.41, 5.74) is 3.11. The average molecular weight is 214 g/mol. The molecule has 76 valence electrons. The van der Waals surface area contributed by atoms with Gasteiger partial charge in [-0.15, -0.1) is 0 Å². The Bertz CT molecular complexity index is 299. The van der Waals surface area contributed by atoms with Crippen LogP contribution in [0.1, 0.15) is 5.56 Å². The van der Waals surface area contributed by atoms with Gasteiger partial charge in [-0.3, -0.25) is 10.2 Å². The first-order valence-corrected chi connectivity index (χ1v) is 4.55. The number of hydrogen-bond acceptors (Lipinski definition) is 3. The number of nitrogens with one attached hydrogen (secondary N) is 2. The fourth-order valence-corrected chi connectivity index (χ4v) is 1.10. The minimum Gasteiger partial charge on any atom is -0.304 e. The van der Waals surface area contributed by atoms with Crippen molar-refractivity contribution in [1.82, 2.24) is 10.7 Å². The first-order chi connectivity index (χ1) is 6.72. The van der Waals surface area contributed by atoms with E-state index in [9.17, 15) is 4.79 Å². The normalized spacial score (nSPS) is 9.86. The fourth-order valence-electron chi connectivity index (χ4n) is 0.974. The second kappa shape index (κ2) is 5.59. The van der Waals surface area contributed by atoms with E-state index in [0.717, 1.165) is 5.56 Å². The van der Waals surface area contributed by atoms with Gasteiger partial charge in [0.2, 0.25) is 5.91 Å². The molecule has 1 aromatic rings. The number of carbonyl (C=O) groups excluding carboxylic acids is 1. The van der Waals surface area contributed by atoms with Crippen molar-refractivity contribution in [1.29, 1.82) is 0 Å². The summed E-state index contributed by atoms with van der Waals surface area (Å²) in [6.07, 6.45) is 0. The summed E-state index contributed by atoms with van der Waals surface area (Å²) in [5.74, 6) is 4.68. The average Bonchev–Trinajstić information content (AvgIpc) is 2.21. The van der Waals surface area contributed by atoms with E-state index in [1.807, 2.05) is 29.7 Å². The van der Waals surface area contributed by atoms with Crippen molar-refractivity contribution in [3.05, 3.63) is 34.9 Å². The first kappa shape index (κ1) is 11.0. The monoisotopic (exact) mass is 213 g/mol. The van der Waals surface area contributed by atoms with Gasteiger partial charge in [-0.1, -0.05) is 23.7 Å². The topological polar surface area (TPSA) is 67.1 Å². The van der Waals surface area contributed by atoms with E-state index in [0.29, 0.717) is 11.6 Å².